The Kier molecular flexibility index (Phi) is 4.99. The minimum atomic E-state index is 0.327. The fourth-order valence-corrected chi connectivity index (χ4v) is 2.60. The molecular formula is C15H28N4. The third-order valence-corrected chi connectivity index (χ3v) is 3.90. The number of hydrogen-bond acceptors (Lipinski definition) is 3. The summed E-state index contributed by atoms with van der Waals surface area (Å²) in [6.07, 6.45) is 8.12. The third-order valence-electron chi connectivity index (χ3n) is 3.90. The maximum absolute atomic E-state index is 6.04. The molecule has 108 valence electrons. The van der Waals surface area contributed by atoms with Gasteiger partial charge in [0.05, 0.1) is 12.2 Å². The summed E-state index contributed by atoms with van der Waals surface area (Å²) >= 11 is 0. The molecule has 1 aromatic heterocycles. The number of aromatic nitrogens is 2. The van der Waals surface area contributed by atoms with Crippen LogP contribution in [0.1, 0.15) is 57.7 Å². The molecule has 2 N–H and O–H groups in total. The quantitative estimate of drug-likeness (QED) is 0.785. The Morgan fingerprint density at radius 2 is 2.21 bits per heavy atom. The molecule has 1 saturated carbocycles. The molecule has 0 spiro atoms. The van der Waals surface area contributed by atoms with E-state index in [1.807, 2.05) is 10.9 Å². The minimum absolute atomic E-state index is 0.327. The average molecular weight is 264 g/mol. The van der Waals surface area contributed by atoms with Crippen molar-refractivity contribution in [3.05, 3.63) is 18.0 Å². The van der Waals surface area contributed by atoms with Crippen molar-refractivity contribution < 1.29 is 0 Å². The summed E-state index contributed by atoms with van der Waals surface area (Å²) in [5, 5.41) is 4.46. The minimum Gasteiger partial charge on any atom is -0.329 e. The van der Waals surface area contributed by atoms with Crippen molar-refractivity contribution in [2.24, 2.45) is 11.7 Å². The Morgan fingerprint density at radius 1 is 1.47 bits per heavy atom. The van der Waals surface area contributed by atoms with Crippen LogP contribution in [-0.2, 0) is 0 Å². The Balaban J connectivity index is 2.09. The number of nitrogens with zero attached hydrogens (tertiary/aromatic N) is 3. The van der Waals surface area contributed by atoms with Crippen LogP contribution < -0.4 is 5.73 Å². The first-order valence-corrected chi connectivity index (χ1v) is 7.63. The number of nitrogens with two attached hydrogens (primary N) is 1. The van der Waals surface area contributed by atoms with E-state index in [2.05, 4.69) is 37.0 Å². The highest BCUT2D eigenvalue weighted by Crippen LogP contribution is 2.32. The molecule has 0 amide bonds. The second-order valence-electron chi connectivity index (χ2n) is 6.04. The van der Waals surface area contributed by atoms with E-state index in [1.165, 1.54) is 31.4 Å². The van der Waals surface area contributed by atoms with Crippen molar-refractivity contribution in [1.29, 1.82) is 0 Å². The lowest BCUT2D eigenvalue weighted by atomic mass is 10.1. The maximum Gasteiger partial charge on any atom is 0.0538 e. The summed E-state index contributed by atoms with van der Waals surface area (Å²) in [4.78, 5) is 2.55. The fraction of sp³-hybridized carbons (Fsp3) is 0.800. The van der Waals surface area contributed by atoms with Crippen LogP contribution >= 0.6 is 0 Å². The first kappa shape index (κ1) is 14.5. The lowest BCUT2D eigenvalue weighted by molar-refractivity contribution is 0.193. The van der Waals surface area contributed by atoms with Crippen molar-refractivity contribution >= 4 is 0 Å². The third kappa shape index (κ3) is 3.80. The van der Waals surface area contributed by atoms with Crippen LogP contribution in [0.3, 0.4) is 0 Å². The summed E-state index contributed by atoms with van der Waals surface area (Å²) in [6.45, 7) is 9.56. The summed E-state index contributed by atoms with van der Waals surface area (Å²) in [5.74, 6) is 0.903. The van der Waals surface area contributed by atoms with E-state index >= 15 is 0 Å². The molecule has 1 aromatic rings. The first-order chi connectivity index (χ1) is 9.15. The second kappa shape index (κ2) is 6.53. The second-order valence-corrected chi connectivity index (χ2v) is 6.04. The topological polar surface area (TPSA) is 47.1 Å². The standard InChI is InChI=1S/C15H28N4/c1-4-7-18(10-13-5-6-13)15(8-16)14-9-17-19(11-14)12(2)3/h9,11-13,15H,4-8,10,16H2,1-3H3. The first-order valence-electron chi connectivity index (χ1n) is 7.63. The Bertz CT molecular complexity index is 381. The average Bonchev–Trinajstić information content (AvgIpc) is 3.05. The highest BCUT2D eigenvalue weighted by Gasteiger charge is 2.28. The van der Waals surface area contributed by atoms with Gasteiger partial charge < -0.3 is 5.73 Å². The molecule has 1 unspecified atom stereocenters. The van der Waals surface area contributed by atoms with Gasteiger partial charge in [-0.2, -0.15) is 5.10 Å². The summed E-state index contributed by atoms with van der Waals surface area (Å²) in [5.41, 5.74) is 7.31. The van der Waals surface area contributed by atoms with Gasteiger partial charge in [-0.3, -0.25) is 9.58 Å². The molecule has 0 bridgehead atoms. The van der Waals surface area contributed by atoms with Gasteiger partial charge in [0.25, 0.3) is 0 Å². The van der Waals surface area contributed by atoms with Crippen LogP contribution in [-0.4, -0.2) is 34.3 Å². The van der Waals surface area contributed by atoms with Gasteiger partial charge >= 0.3 is 0 Å². The van der Waals surface area contributed by atoms with E-state index in [-0.39, 0.29) is 0 Å². The lowest BCUT2D eigenvalue weighted by Crippen LogP contribution is -2.35. The fourth-order valence-electron chi connectivity index (χ4n) is 2.60. The largest absolute Gasteiger partial charge is 0.329 e. The summed E-state index contributed by atoms with van der Waals surface area (Å²) < 4.78 is 2.03. The van der Waals surface area contributed by atoms with Gasteiger partial charge in [-0.05, 0) is 45.6 Å². The maximum atomic E-state index is 6.04. The van der Waals surface area contributed by atoms with Crippen molar-refractivity contribution in [3.63, 3.8) is 0 Å². The van der Waals surface area contributed by atoms with Gasteiger partial charge in [0.1, 0.15) is 0 Å². The highest BCUT2D eigenvalue weighted by atomic mass is 15.3. The zero-order chi connectivity index (χ0) is 13.8. The molecule has 0 radical (unpaired) electrons. The molecule has 4 heteroatoms. The molecule has 0 saturated heterocycles. The Morgan fingerprint density at radius 3 is 2.68 bits per heavy atom. The lowest BCUT2D eigenvalue weighted by Gasteiger charge is -2.30. The van der Waals surface area contributed by atoms with E-state index < -0.39 is 0 Å². The predicted molar refractivity (Wildman–Crippen MR) is 79.0 cm³/mol. The van der Waals surface area contributed by atoms with Gasteiger partial charge in [0.2, 0.25) is 0 Å². The van der Waals surface area contributed by atoms with Gasteiger partial charge in [0, 0.05) is 30.9 Å². The van der Waals surface area contributed by atoms with Gasteiger partial charge in [0.15, 0.2) is 0 Å². The van der Waals surface area contributed by atoms with E-state index in [0.717, 1.165) is 12.5 Å². The molecule has 1 atom stereocenters. The Labute approximate surface area is 117 Å². The van der Waals surface area contributed by atoms with E-state index in [9.17, 15) is 0 Å². The number of hydrogen-bond donors (Lipinski definition) is 1. The summed E-state index contributed by atoms with van der Waals surface area (Å²) in [6, 6.07) is 0.739. The molecule has 1 fully saturated rings. The van der Waals surface area contributed by atoms with Crippen molar-refractivity contribution in [2.75, 3.05) is 19.6 Å². The molecule has 0 aliphatic heterocycles. The van der Waals surface area contributed by atoms with Crippen LogP contribution in [0.4, 0.5) is 0 Å². The van der Waals surface area contributed by atoms with Crippen molar-refractivity contribution in [3.8, 4) is 0 Å². The van der Waals surface area contributed by atoms with E-state index in [1.54, 1.807) is 0 Å². The van der Waals surface area contributed by atoms with Crippen molar-refractivity contribution in [2.45, 2.75) is 52.1 Å². The summed E-state index contributed by atoms with van der Waals surface area (Å²) in [7, 11) is 0. The smallest absolute Gasteiger partial charge is 0.0538 e. The zero-order valence-electron chi connectivity index (χ0n) is 12.5. The number of rotatable bonds is 8. The molecule has 1 aliphatic carbocycles. The van der Waals surface area contributed by atoms with Crippen LogP contribution in [0.5, 0.6) is 0 Å². The van der Waals surface area contributed by atoms with Crippen LogP contribution in [0.25, 0.3) is 0 Å². The normalized spacial score (nSPS) is 17.4. The van der Waals surface area contributed by atoms with Crippen molar-refractivity contribution in [1.82, 2.24) is 14.7 Å². The molecule has 4 nitrogen and oxygen atoms in total. The van der Waals surface area contributed by atoms with Gasteiger partial charge in [-0.1, -0.05) is 6.92 Å². The SMILES string of the molecule is CCCN(CC1CC1)C(CN)c1cnn(C(C)C)c1. The van der Waals surface area contributed by atoms with Gasteiger partial charge in [-0.25, -0.2) is 0 Å². The van der Waals surface area contributed by atoms with Crippen LogP contribution in [0.2, 0.25) is 0 Å². The predicted octanol–water partition coefficient (Wildman–Crippen LogP) is 2.59. The highest BCUT2D eigenvalue weighted by molar-refractivity contribution is 5.12. The van der Waals surface area contributed by atoms with Crippen LogP contribution in [0, 0.1) is 5.92 Å². The van der Waals surface area contributed by atoms with E-state index in [0.29, 0.717) is 18.6 Å². The molecule has 2 rings (SSSR count). The van der Waals surface area contributed by atoms with E-state index in [4.69, 9.17) is 5.73 Å². The molecule has 1 aliphatic rings. The molecule has 0 aromatic carbocycles. The Hall–Kier alpha value is -0.870. The molecular weight excluding hydrogens is 236 g/mol. The molecule has 1 heterocycles. The van der Waals surface area contributed by atoms with Crippen LogP contribution in [0.15, 0.2) is 12.4 Å². The monoisotopic (exact) mass is 264 g/mol. The van der Waals surface area contributed by atoms with Gasteiger partial charge in [-0.15, -0.1) is 0 Å². The zero-order valence-corrected chi connectivity index (χ0v) is 12.5. The molecule has 19 heavy (non-hydrogen) atoms.